The monoisotopic (exact) mass is 352 g/mol. The number of rotatable bonds is 4. The van der Waals surface area contributed by atoms with Gasteiger partial charge in [-0.05, 0) is 55.5 Å². The molecule has 128 valence electrons. The highest BCUT2D eigenvalue weighted by molar-refractivity contribution is 7.80. The fourth-order valence-corrected chi connectivity index (χ4v) is 3.70. The zero-order chi connectivity index (χ0) is 17.4. The van der Waals surface area contributed by atoms with Crippen LogP contribution in [0.3, 0.4) is 0 Å². The number of aryl methyl sites for hydroxylation is 1. The quantitative estimate of drug-likeness (QED) is 0.728. The van der Waals surface area contributed by atoms with Crippen molar-refractivity contribution in [1.82, 2.24) is 19.8 Å². The van der Waals surface area contributed by atoms with E-state index in [-0.39, 0.29) is 12.1 Å². The third-order valence-corrected chi connectivity index (χ3v) is 5.17. The minimum Gasteiger partial charge on any atom is -0.467 e. The molecule has 2 atom stereocenters. The van der Waals surface area contributed by atoms with E-state index in [1.165, 1.54) is 11.4 Å². The van der Waals surface area contributed by atoms with Crippen LogP contribution in [0.5, 0.6) is 0 Å². The number of nitrogens with zero attached hydrogens (tertiary/aromatic N) is 3. The molecule has 1 fully saturated rings. The van der Waals surface area contributed by atoms with Crippen LogP contribution in [0.4, 0.5) is 0 Å². The third kappa shape index (κ3) is 2.82. The fourth-order valence-electron chi connectivity index (χ4n) is 3.40. The molecule has 0 radical (unpaired) electrons. The van der Waals surface area contributed by atoms with Crippen molar-refractivity contribution in [3.63, 3.8) is 0 Å². The first kappa shape index (κ1) is 15.9. The zero-order valence-electron chi connectivity index (χ0n) is 14.2. The summed E-state index contributed by atoms with van der Waals surface area (Å²) in [7, 11) is 2.09. The molecule has 0 amide bonds. The van der Waals surface area contributed by atoms with E-state index in [0.29, 0.717) is 6.54 Å². The number of pyridine rings is 1. The van der Waals surface area contributed by atoms with Gasteiger partial charge in [0.05, 0.1) is 30.6 Å². The molecule has 25 heavy (non-hydrogen) atoms. The number of nitrogens with one attached hydrogen (secondary N) is 1. The molecule has 6 heteroatoms. The normalized spacial score (nSPS) is 20.1. The number of hydrogen-bond donors (Lipinski definition) is 1. The van der Waals surface area contributed by atoms with E-state index in [1.807, 2.05) is 36.5 Å². The molecular weight excluding hydrogens is 332 g/mol. The first-order valence-corrected chi connectivity index (χ1v) is 8.68. The summed E-state index contributed by atoms with van der Waals surface area (Å²) in [4.78, 5) is 6.74. The molecule has 4 heterocycles. The summed E-state index contributed by atoms with van der Waals surface area (Å²) in [6, 6.07) is 14.2. The van der Waals surface area contributed by atoms with E-state index < -0.39 is 0 Å². The van der Waals surface area contributed by atoms with Gasteiger partial charge in [0.15, 0.2) is 5.11 Å². The largest absolute Gasteiger partial charge is 0.467 e. The molecule has 0 saturated carbocycles. The van der Waals surface area contributed by atoms with Gasteiger partial charge < -0.3 is 19.2 Å². The van der Waals surface area contributed by atoms with E-state index in [2.05, 4.69) is 45.9 Å². The van der Waals surface area contributed by atoms with Crippen molar-refractivity contribution in [1.29, 1.82) is 0 Å². The van der Waals surface area contributed by atoms with Gasteiger partial charge in [-0.25, -0.2) is 0 Å². The lowest BCUT2D eigenvalue weighted by Gasteiger charge is -2.27. The average molecular weight is 352 g/mol. The molecule has 0 aliphatic carbocycles. The average Bonchev–Trinajstić information content (AvgIpc) is 3.32. The number of furan rings is 1. The van der Waals surface area contributed by atoms with Crippen molar-refractivity contribution in [2.45, 2.75) is 25.6 Å². The Bertz CT molecular complexity index is 872. The maximum Gasteiger partial charge on any atom is 0.170 e. The fraction of sp³-hybridized carbons (Fsp3) is 0.263. The Morgan fingerprint density at radius 3 is 2.72 bits per heavy atom. The van der Waals surface area contributed by atoms with Crippen LogP contribution in [0, 0.1) is 6.92 Å². The molecular formula is C19H20N4OS. The maximum absolute atomic E-state index is 5.65. The van der Waals surface area contributed by atoms with Crippen molar-refractivity contribution in [3.8, 4) is 0 Å². The van der Waals surface area contributed by atoms with Gasteiger partial charge in [0, 0.05) is 24.6 Å². The Labute approximate surface area is 152 Å². The second-order valence-electron chi connectivity index (χ2n) is 6.29. The molecule has 0 spiro atoms. The van der Waals surface area contributed by atoms with Crippen LogP contribution in [0.2, 0.25) is 0 Å². The van der Waals surface area contributed by atoms with Crippen molar-refractivity contribution in [2.24, 2.45) is 7.05 Å². The lowest BCUT2D eigenvalue weighted by Crippen LogP contribution is -2.29. The minimum absolute atomic E-state index is 0.00309. The minimum atomic E-state index is -0.00309. The lowest BCUT2D eigenvalue weighted by molar-refractivity contribution is 0.278. The predicted molar refractivity (Wildman–Crippen MR) is 99.9 cm³/mol. The van der Waals surface area contributed by atoms with E-state index in [0.717, 1.165) is 16.6 Å². The Kier molecular flexibility index (Phi) is 4.05. The van der Waals surface area contributed by atoms with Crippen LogP contribution in [0.25, 0.3) is 0 Å². The van der Waals surface area contributed by atoms with E-state index in [9.17, 15) is 0 Å². The Morgan fingerprint density at radius 2 is 2.08 bits per heavy atom. The molecule has 1 aliphatic heterocycles. The summed E-state index contributed by atoms with van der Waals surface area (Å²) >= 11 is 5.65. The van der Waals surface area contributed by atoms with Gasteiger partial charge in [-0.2, -0.15) is 0 Å². The Hall–Kier alpha value is -2.60. The topological polar surface area (TPSA) is 46.2 Å². The van der Waals surface area contributed by atoms with Crippen LogP contribution in [-0.4, -0.2) is 19.6 Å². The second kappa shape index (κ2) is 6.37. The molecule has 0 aromatic carbocycles. The van der Waals surface area contributed by atoms with Crippen LogP contribution in [0.15, 0.2) is 59.3 Å². The molecule has 3 aromatic heterocycles. The molecule has 1 N–H and O–H groups in total. The first-order valence-electron chi connectivity index (χ1n) is 8.28. The smallest absolute Gasteiger partial charge is 0.170 e. The molecule has 0 bridgehead atoms. The van der Waals surface area contributed by atoms with Crippen LogP contribution >= 0.6 is 12.2 Å². The standard InChI is InChI=1S/C19H20N4OS/c1-13-8-9-16(22(13)2)18-17(15-7-3-4-10-20-15)21-19(25)23(18)12-14-6-5-11-24-14/h3-11,17-18H,12H2,1-2H3,(H,21,25)/t17-,18-/m0/s1. The third-order valence-electron chi connectivity index (χ3n) is 4.82. The van der Waals surface area contributed by atoms with Gasteiger partial charge in [-0.3, -0.25) is 4.98 Å². The maximum atomic E-state index is 5.65. The number of hydrogen-bond acceptors (Lipinski definition) is 3. The number of thiocarbonyl (C=S) groups is 1. The highest BCUT2D eigenvalue weighted by Gasteiger charge is 2.41. The van der Waals surface area contributed by atoms with E-state index in [1.54, 1.807) is 6.26 Å². The molecule has 4 rings (SSSR count). The summed E-state index contributed by atoms with van der Waals surface area (Å²) in [6.07, 6.45) is 3.52. The van der Waals surface area contributed by atoms with Crippen molar-refractivity contribution in [2.75, 3.05) is 0 Å². The summed E-state index contributed by atoms with van der Waals surface area (Å²) < 4.78 is 7.77. The lowest BCUT2D eigenvalue weighted by atomic mass is 10.0. The summed E-state index contributed by atoms with van der Waals surface area (Å²) in [5.41, 5.74) is 3.40. The van der Waals surface area contributed by atoms with Gasteiger partial charge in [-0.1, -0.05) is 6.07 Å². The predicted octanol–water partition coefficient (Wildman–Crippen LogP) is 3.49. The van der Waals surface area contributed by atoms with Crippen LogP contribution < -0.4 is 5.32 Å². The van der Waals surface area contributed by atoms with E-state index in [4.69, 9.17) is 16.6 Å². The summed E-state index contributed by atoms with van der Waals surface area (Å²) in [6.45, 7) is 2.73. The van der Waals surface area contributed by atoms with Crippen molar-refractivity contribution < 1.29 is 4.42 Å². The van der Waals surface area contributed by atoms with Gasteiger partial charge in [0.25, 0.3) is 0 Å². The summed E-state index contributed by atoms with van der Waals surface area (Å²) in [5, 5.41) is 4.18. The van der Waals surface area contributed by atoms with Gasteiger partial charge >= 0.3 is 0 Å². The summed E-state index contributed by atoms with van der Waals surface area (Å²) in [5.74, 6) is 0.891. The SMILES string of the molecule is Cc1ccc([C@H]2[C@H](c3ccccn3)NC(=S)N2Cc2ccco2)n1C. The zero-order valence-corrected chi connectivity index (χ0v) is 15.0. The van der Waals surface area contributed by atoms with Crippen molar-refractivity contribution in [3.05, 3.63) is 77.8 Å². The van der Waals surface area contributed by atoms with Gasteiger partial charge in [-0.15, -0.1) is 0 Å². The highest BCUT2D eigenvalue weighted by Crippen LogP contribution is 2.39. The Morgan fingerprint density at radius 1 is 1.20 bits per heavy atom. The first-order chi connectivity index (χ1) is 12.1. The van der Waals surface area contributed by atoms with Crippen LogP contribution in [-0.2, 0) is 13.6 Å². The molecule has 0 unspecified atom stereocenters. The number of aromatic nitrogens is 2. The molecule has 1 saturated heterocycles. The highest BCUT2D eigenvalue weighted by atomic mass is 32.1. The molecule has 3 aromatic rings. The second-order valence-corrected chi connectivity index (χ2v) is 6.68. The molecule has 5 nitrogen and oxygen atoms in total. The van der Waals surface area contributed by atoms with Crippen molar-refractivity contribution >= 4 is 17.3 Å². The molecule has 1 aliphatic rings. The Balaban J connectivity index is 1.77. The van der Waals surface area contributed by atoms with Gasteiger partial charge in [0.2, 0.25) is 0 Å². The van der Waals surface area contributed by atoms with Crippen LogP contribution in [0.1, 0.15) is 34.9 Å². The van der Waals surface area contributed by atoms with Gasteiger partial charge in [0.1, 0.15) is 5.76 Å². The van der Waals surface area contributed by atoms with E-state index >= 15 is 0 Å².